The van der Waals surface area contributed by atoms with Crippen LogP contribution in [0.3, 0.4) is 0 Å². The number of likely N-dealkylation sites (tertiary alicyclic amines) is 1. The number of hydrogen-bond donors (Lipinski definition) is 0. The largest absolute Gasteiger partial charge is 0.494 e. The summed E-state index contributed by atoms with van der Waals surface area (Å²) in [6.07, 6.45) is 3.92. The Labute approximate surface area is 164 Å². The van der Waals surface area contributed by atoms with Gasteiger partial charge in [0.2, 0.25) is 0 Å². The molecular weight excluding hydrogens is 353 g/mol. The highest BCUT2D eigenvalue weighted by Crippen LogP contribution is 2.26. The lowest BCUT2D eigenvalue weighted by Gasteiger charge is -2.36. The Morgan fingerprint density at radius 3 is 2.64 bits per heavy atom. The Morgan fingerprint density at radius 1 is 1.00 bits per heavy atom. The Hall–Kier alpha value is -2.88. The molecule has 1 atom stereocenters. The van der Waals surface area contributed by atoms with Crippen LogP contribution in [-0.4, -0.2) is 30.0 Å². The number of fused-ring (bicyclic) bond motifs is 1. The summed E-state index contributed by atoms with van der Waals surface area (Å²) in [6.45, 7) is 1.29. The van der Waals surface area contributed by atoms with Crippen molar-refractivity contribution in [1.29, 1.82) is 0 Å². The van der Waals surface area contributed by atoms with Crippen LogP contribution in [0.25, 0.3) is 10.8 Å². The van der Waals surface area contributed by atoms with Crippen LogP contribution in [0.2, 0.25) is 0 Å². The first-order valence-electron chi connectivity index (χ1n) is 9.89. The van der Waals surface area contributed by atoms with Gasteiger partial charge in [-0.2, -0.15) is 0 Å². The van der Waals surface area contributed by atoms with Gasteiger partial charge >= 0.3 is 0 Å². The van der Waals surface area contributed by atoms with Crippen LogP contribution in [-0.2, 0) is 0 Å². The van der Waals surface area contributed by atoms with Crippen molar-refractivity contribution < 1.29 is 13.9 Å². The second kappa shape index (κ2) is 8.42. The van der Waals surface area contributed by atoms with Crippen molar-refractivity contribution in [2.45, 2.75) is 31.7 Å². The average molecular weight is 377 g/mol. The molecule has 3 nitrogen and oxygen atoms in total. The van der Waals surface area contributed by atoms with Crippen LogP contribution >= 0.6 is 0 Å². The van der Waals surface area contributed by atoms with E-state index in [1.54, 1.807) is 12.1 Å². The summed E-state index contributed by atoms with van der Waals surface area (Å²) in [4.78, 5) is 15.4. The van der Waals surface area contributed by atoms with Crippen LogP contribution in [0.4, 0.5) is 4.39 Å². The molecule has 0 N–H and O–H groups in total. The van der Waals surface area contributed by atoms with Gasteiger partial charge in [-0.05, 0) is 60.4 Å². The Kier molecular flexibility index (Phi) is 5.56. The van der Waals surface area contributed by atoms with E-state index in [1.165, 1.54) is 12.1 Å². The molecule has 28 heavy (non-hydrogen) atoms. The topological polar surface area (TPSA) is 29.5 Å². The number of benzene rings is 3. The lowest BCUT2D eigenvalue weighted by atomic mass is 9.97. The molecule has 0 radical (unpaired) electrons. The molecule has 1 fully saturated rings. The van der Waals surface area contributed by atoms with Gasteiger partial charge < -0.3 is 9.64 Å². The minimum Gasteiger partial charge on any atom is -0.494 e. The van der Waals surface area contributed by atoms with Crippen molar-refractivity contribution >= 4 is 16.7 Å². The number of ether oxygens (including phenoxy) is 1. The Morgan fingerprint density at radius 2 is 1.79 bits per heavy atom. The summed E-state index contributed by atoms with van der Waals surface area (Å²) < 4.78 is 18.8. The van der Waals surface area contributed by atoms with E-state index < -0.39 is 0 Å². The molecule has 0 unspecified atom stereocenters. The predicted molar refractivity (Wildman–Crippen MR) is 109 cm³/mol. The summed E-state index contributed by atoms with van der Waals surface area (Å²) in [5.41, 5.74) is 0.768. The van der Waals surface area contributed by atoms with Crippen molar-refractivity contribution in [3.63, 3.8) is 0 Å². The van der Waals surface area contributed by atoms with Crippen LogP contribution in [0.5, 0.6) is 5.75 Å². The maximum absolute atomic E-state index is 13.3. The molecule has 3 aromatic carbocycles. The zero-order chi connectivity index (χ0) is 19.3. The number of halogens is 1. The monoisotopic (exact) mass is 377 g/mol. The number of hydrogen-bond acceptors (Lipinski definition) is 2. The van der Waals surface area contributed by atoms with Crippen LogP contribution in [0.1, 0.15) is 36.0 Å². The van der Waals surface area contributed by atoms with Gasteiger partial charge in [0, 0.05) is 24.6 Å². The van der Waals surface area contributed by atoms with Gasteiger partial charge in [0.1, 0.15) is 11.6 Å². The lowest BCUT2D eigenvalue weighted by Crippen LogP contribution is -2.44. The summed E-state index contributed by atoms with van der Waals surface area (Å²) in [5, 5.41) is 2.09. The molecule has 4 heteroatoms. The second-order valence-corrected chi connectivity index (χ2v) is 7.27. The molecule has 0 aliphatic carbocycles. The standard InChI is InChI=1S/C24H24FNO2/c25-19-11-13-21(14-12-19)28-17-15-20-8-3-4-16-26(20)24(27)23-10-5-7-18-6-1-2-9-22(18)23/h1-2,5-7,9-14,20H,3-4,8,15-17H2/t20-/m0/s1. The SMILES string of the molecule is O=C(c1cccc2ccccc12)N1CCCC[C@H]1CCOc1ccc(F)cc1. The van der Waals surface area contributed by atoms with Gasteiger partial charge in [-0.15, -0.1) is 0 Å². The fourth-order valence-corrected chi connectivity index (χ4v) is 3.98. The number of carbonyl (C=O) groups excluding carboxylic acids is 1. The molecule has 0 saturated carbocycles. The van der Waals surface area contributed by atoms with E-state index in [4.69, 9.17) is 4.74 Å². The summed E-state index contributed by atoms with van der Waals surface area (Å²) in [5.74, 6) is 0.485. The van der Waals surface area contributed by atoms with Gasteiger partial charge in [0.05, 0.1) is 6.61 Å². The predicted octanol–water partition coefficient (Wildman–Crippen LogP) is 5.44. The summed E-state index contributed by atoms with van der Waals surface area (Å²) in [7, 11) is 0. The second-order valence-electron chi connectivity index (χ2n) is 7.27. The van der Waals surface area contributed by atoms with Crippen LogP contribution in [0.15, 0.2) is 66.7 Å². The molecule has 3 aromatic rings. The van der Waals surface area contributed by atoms with E-state index in [1.807, 2.05) is 47.4 Å². The molecule has 1 saturated heterocycles. The van der Waals surface area contributed by atoms with Gasteiger partial charge in [0.15, 0.2) is 0 Å². The maximum atomic E-state index is 13.3. The van der Waals surface area contributed by atoms with Gasteiger partial charge in [-0.3, -0.25) is 4.79 Å². The average Bonchev–Trinajstić information content (AvgIpc) is 2.74. The number of piperidine rings is 1. The van der Waals surface area contributed by atoms with Crippen LogP contribution in [0, 0.1) is 5.82 Å². The minimum absolute atomic E-state index is 0.100. The molecule has 0 bridgehead atoms. The molecule has 1 amide bonds. The highest BCUT2D eigenvalue weighted by Gasteiger charge is 2.28. The first kappa shape index (κ1) is 18.5. The maximum Gasteiger partial charge on any atom is 0.254 e. The first-order valence-corrected chi connectivity index (χ1v) is 9.89. The first-order chi connectivity index (χ1) is 13.7. The van der Waals surface area contributed by atoms with Gasteiger partial charge in [-0.25, -0.2) is 4.39 Å². The molecule has 4 rings (SSSR count). The van der Waals surface area contributed by atoms with Crippen molar-refractivity contribution in [3.05, 3.63) is 78.1 Å². The molecule has 1 heterocycles. The molecule has 1 aliphatic heterocycles. The van der Waals surface area contributed by atoms with E-state index in [0.717, 1.165) is 48.6 Å². The fraction of sp³-hybridized carbons (Fsp3) is 0.292. The third kappa shape index (κ3) is 4.01. The van der Waals surface area contributed by atoms with E-state index >= 15 is 0 Å². The van der Waals surface area contributed by atoms with Gasteiger partial charge in [0.25, 0.3) is 5.91 Å². The highest BCUT2D eigenvalue weighted by molar-refractivity contribution is 6.07. The molecule has 1 aliphatic rings. The third-order valence-electron chi connectivity index (χ3n) is 5.44. The van der Waals surface area contributed by atoms with Gasteiger partial charge in [-0.1, -0.05) is 36.4 Å². The van der Waals surface area contributed by atoms with E-state index in [0.29, 0.717) is 12.4 Å². The number of amides is 1. The summed E-state index contributed by atoms with van der Waals surface area (Å²) >= 11 is 0. The molecule has 0 aromatic heterocycles. The van der Waals surface area contributed by atoms with E-state index in [2.05, 4.69) is 0 Å². The van der Waals surface area contributed by atoms with Crippen molar-refractivity contribution in [2.24, 2.45) is 0 Å². The quantitative estimate of drug-likeness (QED) is 0.592. The minimum atomic E-state index is -0.272. The zero-order valence-corrected chi connectivity index (χ0v) is 15.8. The summed E-state index contributed by atoms with van der Waals surface area (Å²) in [6, 6.07) is 20.2. The Balaban J connectivity index is 1.47. The van der Waals surface area contributed by atoms with Crippen molar-refractivity contribution in [1.82, 2.24) is 4.90 Å². The van der Waals surface area contributed by atoms with Crippen molar-refractivity contribution in [2.75, 3.05) is 13.2 Å². The smallest absolute Gasteiger partial charge is 0.254 e. The molecule has 144 valence electrons. The normalized spacial score (nSPS) is 16.9. The highest BCUT2D eigenvalue weighted by atomic mass is 19.1. The Bertz CT molecular complexity index is 949. The van der Waals surface area contributed by atoms with E-state index in [9.17, 15) is 9.18 Å². The number of nitrogens with zero attached hydrogens (tertiary/aromatic N) is 1. The number of rotatable bonds is 5. The zero-order valence-electron chi connectivity index (χ0n) is 15.8. The van der Waals surface area contributed by atoms with Crippen molar-refractivity contribution in [3.8, 4) is 5.75 Å². The molecule has 0 spiro atoms. The third-order valence-corrected chi connectivity index (χ3v) is 5.44. The van der Waals surface area contributed by atoms with E-state index in [-0.39, 0.29) is 17.8 Å². The van der Waals surface area contributed by atoms with Crippen LogP contribution < -0.4 is 4.74 Å². The fourth-order valence-electron chi connectivity index (χ4n) is 3.98. The molecular formula is C24H24FNO2. The lowest BCUT2D eigenvalue weighted by molar-refractivity contribution is 0.0582. The number of carbonyl (C=O) groups is 1.